The SMILES string of the molecule is CC(=O)N1[C@@H](Cn2c(Cc3cc(F)c(-c4cccc(OCc5ccc(C#N)cc5F)n4)cc3F)nc3ccc(C(=O)O)cc32)C[C@H]2C[C@H]21.CC(=O)N1[C@@H](Cn2c(Cc3cc(F)c(-c4cccc(OCc5ccc(C#N)cc5F)n4)cc3F)nc3ccc(C(=O)O)cc32)C[C@H]2C[C@H]21. The molecule has 2 saturated carbocycles. The molecule has 484 valence electrons. The van der Waals surface area contributed by atoms with Crippen LogP contribution in [0.3, 0.4) is 0 Å². The van der Waals surface area contributed by atoms with Crippen LogP contribution in [0.5, 0.6) is 11.8 Å². The van der Waals surface area contributed by atoms with Crippen molar-refractivity contribution in [3.8, 4) is 46.4 Å². The van der Waals surface area contributed by atoms with Crippen molar-refractivity contribution in [2.45, 2.75) is 103 Å². The number of hydrogen-bond donors (Lipinski definition) is 2. The highest BCUT2D eigenvalue weighted by Gasteiger charge is 2.54. The fraction of sp³-hybridized carbons (Fsp3) is 0.250. The van der Waals surface area contributed by atoms with Crippen molar-refractivity contribution < 1.29 is 65.2 Å². The molecule has 14 rings (SSSR count). The summed E-state index contributed by atoms with van der Waals surface area (Å²) in [6.07, 6.45) is 3.36. The molecule has 0 radical (unpaired) electrons. The van der Waals surface area contributed by atoms with Gasteiger partial charge in [-0.3, -0.25) is 9.59 Å². The molecule has 10 aromatic rings. The Kier molecular flexibility index (Phi) is 17.0. The lowest BCUT2D eigenvalue weighted by Crippen LogP contribution is -2.39. The fourth-order valence-electron chi connectivity index (χ4n) is 13.4. The summed E-state index contributed by atoms with van der Waals surface area (Å²) >= 11 is 0. The third-order valence-electron chi connectivity index (χ3n) is 18.2. The maximum absolute atomic E-state index is 15.7. The zero-order chi connectivity index (χ0) is 67.4. The number of benzene rings is 6. The third-order valence-corrected chi connectivity index (χ3v) is 18.2. The van der Waals surface area contributed by atoms with Crippen LogP contribution in [0.25, 0.3) is 44.6 Å². The second kappa shape index (κ2) is 25.8. The number of nitriles is 2. The lowest BCUT2D eigenvalue weighted by molar-refractivity contribution is -0.131. The van der Waals surface area contributed by atoms with Gasteiger partial charge in [-0.15, -0.1) is 0 Å². The van der Waals surface area contributed by atoms with Crippen molar-refractivity contribution in [1.29, 1.82) is 10.5 Å². The number of pyridine rings is 2. The van der Waals surface area contributed by atoms with Crippen LogP contribution in [0.2, 0.25) is 0 Å². The molecule has 6 aromatic carbocycles. The Balaban J connectivity index is 0.000000174. The topological polar surface area (TPSA) is 243 Å². The lowest BCUT2D eigenvalue weighted by atomic mass is 10.0. The molecule has 2 amide bonds. The van der Waals surface area contributed by atoms with Crippen LogP contribution in [-0.2, 0) is 48.7 Å². The molecule has 4 fully saturated rings. The molecule has 6 atom stereocenters. The fourth-order valence-corrected chi connectivity index (χ4v) is 13.4. The van der Waals surface area contributed by atoms with E-state index in [4.69, 9.17) is 20.0 Å². The van der Waals surface area contributed by atoms with Gasteiger partial charge in [0, 0.05) is 86.2 Å². The smallest absolute Gasteiger partial charge is 0.335 e. The molecule has 0 bridgehead atoms. The lowest BCUT2D eigenvalue weighted by Gasteiger charge is -2.27. The molecular weight excluding hydrogens is 1250 g/mol. The van der Waals surface area contributed by atoms with Gasteiger partial charge in [0.25, 0.3) is 0 Å². The zero-order valence-electron chi connectivity index (χ0n) is 51.3. The monoisotopic (exact) mass is 1300 g/mol. The van der Waals surface area contributed by atoms with Gasteiger partial charge >= 0.3 is 11.9 Å². The number of fused-ring (bicyclic) bond motifs is 4. The predicted octanol–water partition coefficient (Wildman–Crippen LogP) is 12.5. The summed E-state index contributed by atoms with van der Waals surface area (Å²) < 4.78 is 106. The van der Waals surface area contributed by atoms with Crippen LogP contribution in [-0.4, -0.2) is 97.0 Å². The van der Waals surface area contributed by atoms with E-state index < -0.39 is 46.8 Å². The number of carboxylic acids is 2. The van der Waals surface area contributed by atoms with E-state index in [9.17, 15) is 38.2 Å². The van der Waals surface area contributed by atoms with E-state index in [2.05, 4.69) is 19.9 Å². The third kappa shape index (κ3) is 12.9. The summed E-state index contributed by atoms with van der Waals surface area (Å²) in [4.78, 5) is 70.2. The minimum atomic E-state index is -1.10. The van der Waals surface area contributed by atoms with Crippen molar-refractivity contribution in [1.82, 2.24) is 38.9 Å². The number of piperidine rings is 2. The quantitative estimate of drug-likeness (QED) is 0.0759. The van der Waals surface area contributed by atoms with Crippen LogP contribution < -0.4 is 9.47 Å². The standard InChI is InChI=1S/2C36H28F3N5O4/c2*1-19(45)44-25(10-24-13-32(24)44)17-43-33-12-21(36(46)47)7-8-31(33)41-34(43)14-23-11-29(39)26(15-28(23)38)30-3-2-4-35(42-30)48-18-22-6-5-20(16-40)9-27(22)37/h2*2-9,11-12,15,24-25,32H,10,13-14,17-18H2,1H3,(H,46,47)/t2*24-,25+,32+/m00/s1. The molecule has 24 heteroatoms. The van der Waals surface area contributed by atoms with Gasteiger partial charge in [0.1, 0.15) is 59.8 Å². The number of halogens is 6. The Bertz CT molecular complexity index is 4620. The maximum atomic E-state index is 15.7. The van der Waals surface area contributed by atoms with Crippen molar-refractivity contribution >= 4 is 45.8 Å². The Labute approximate surface area is 543 Å². The van der Waals surface area contributed by atoms with E-state index in [0.717, 1.165) is 62.1 Å². The Morgan fingerprint density at radius 1 is 0.490 bits per heavy atom. The van der Waals surface area contributed by atoms with Gasteiger partial charge in [0.05, 0.1) is 79.9 Å². The van der Waals surface area contributed by atoms with Crippen LogP contribution in [0.1, 0.15) is 105 Å². The molecule has 2 aliphatic heterocycles. The molecular formula is C72H56F6N10O8. The highest BCUT2D eigenvalue weighted by Crippen LogP contribution is 2.50. The number of carbonyl (C=O) groups is 4. The van der Waals surface area contributed by atoms with E-state index in [1.165, 1.54) is 86.6 Å². The van der Waals surface area contributed by atoms with E-state index in [1.807, 2.05) is 31.1 Å². The van der Waals surface area contributed by atoms with Gasteiger partial charge in [0.2, 0.25) is 23.6 Å². The van der Waals surface area contributed by atoms with Gasteiger partial charge in [0.15, 0.2) is 0 Å². The van der Waals surface area contributed by atoms with Crippen molar-refractivity contribution in [3.63, 3.8) is 0 Å². The minimum Gasteiger partial charge on any atom is -0.478 e. The molecule has 18 nitrogen and oxygen atoms in total. The van der Waals surface area contributed by atoms with Gasteiger partial charge in [-0.1, -0.05) is 24.3 Å². The largest absolute Gasteiger partial charge is 0.478 e. The summed E-state index contributed by atoms with van der Waals surface area (Å²) in [5, 5.41) is 37.1. The number of carboxylic acid groups (broad SMARTS) is 2. The number of aromatic nitrogens is 6. The number of likely N-dealkylation sites (tertiary alicyclic amines) is 2. The average Bonchev–Trinajstić information content (AvgIpc) is 1.59. The van der Waals surface area contributed by atoms with Crippen LogP contribution in [0.15, 0.2) is 133 Å². The van der Waals surface area contributed by atoms with Gasteiger partial charge in [-0.25, -0.2) is 55.9 Å². The number of imidazole rings is 2. The summed E-state index contributed by atoms with van der Waals surface area (Å²) in [7, 11) is 0. The molecule has 96 heavy (non-hydrogen) atoms. The molecule has 4 aromatic heterocycles. The first-order chi connectivity index (χ1) is 46.2. The van der Waals surface area contributed by atoms with Crippen LogP contribution in [0, 0.1) is 69.4 Å². The van der Waals surface area contributed by atoms with Crippen LogP contribution in [0.4, 0.5) is 26.3 Å². The Hall–Kier alpha value is -11.4. The van der Waals surface area contributed by atoms with Crippen molar-refractivity contribution in [3.05, 3.63) is 225 Å². The van der Waals surface area contributed by atoms with Crippen molar-refractivity contribution in [2.24, 2.45) is 11.8 Å². The Morgan fingerprint density at radius 3 is 1.27 bits per heavy atom. The molecule has 2 saturated heterocycles. The summed E-state index contributed by atoms with van der Waals surface area (Å²) in [6.45, 7) is 3.37. The Morgan fingerprint density at radius 2 is 0.896 bits per heavy atom. The predicted molar refractivity (Wildman–Crippen MR) is 335 cm³/mol. The van der Waals surface area contributed by atoms with E-state index in [1.54, 1.807) is 24.3 Å². The molecule has 6 heterocycles. The van der Waals surface area contributed by atoms with Crippen molar-refractivity contribution in [2.75, 3.05) is 0 Å². The van der Waals surface area contributed by atoms with Gasteiger partial charge < -0.3 is 38.6 Å². The molecule has 2 aliphatic carbocycles. The van der Waals surface area contributed by atoms with Gasteiger partial charge in [-0.05, 0) is 146 Å². The highest BCUT2D eigenvalue weighted by atomic mass is 19.1. The van der Waals surface area contributed by atoms with Crippen LogP contribution >= 0.6 is 0 Å². The first kappa shape index (κ1) is 63.4. The number of hydrogen-bond acceptors (Lipinski definition) is 12. The molecule has 2 N–H and O–H groups in total. The van der Waals surface area contributed by atoms with E-state index >= 15 is 17.6 Å². The summed E-state index contributed by atoms with van der Waals surface area (Å²) in [5.74, 6) is -4.54. The first-order valence-corrected chi connectivity index (χ1v) is 30.7. The minimum absolute atomic E-state index is 0.0320. The highest BCUT2D eigenvalue weighted by molar-refractivity contribution is 5.93. The second-order valence-electron chi connectivity index (χ2n) is 24.4. The number of rotatable bonds is 18. The van der Waals surface area contributed by atoms with E-state index in [0.29, 0.717) is 58.6 Å². The number of amides is 2. The average molecular weight is 1300 g/mol. The van der Waals surface area contributed by atoms with Gasteiger partial charge in [-0.2, -0.15) is 10.5 Å². The molecule has 0 spiro atoms. The molecule has 0 unspecified atom stereocenters. The number of ether oxygens (including phenoxy) is 2. The van der Waals surface area contributed by atoms with E-state index in [-0.39, 0.29) is 141 Å². The number of aromatic carboxylic acids is 2. The summed E-state index contributed by atoms with van der Waals surface area (Å²) in [5.41, 5.74) is 3.03. The number of carbonyl (C=O) groups excluding carboxylic acids is 2. The maximum Gasteiger partial charge on any atom is 0.335 e. The second-order valence-corrected chi connectivity index (χ2v) is 24.4. The number of nitrogens with zero attached hydrogens (tertiary/aromatic N) is 10. The first-order valence-electron chi connectivity index (χ1n) is 30.7. The normalized spacial score (nSPS) is 18.1. The molecule has 4 aliphatic rings. The summed E-state index contributed by atoms with van der Waals surface area (Å²) in [6, 6.07) is 34.4. The zero-order valence-corrected chi connectivity index (χ0v) is 51.3.